The first-order valence-corrected chi connectivity index (χ1v) is 2.24. The van der Waals surface area contributed by atoms with Gasteiger partial charge in [0.05, 0.1) is 13.4 Å². The molecule has 0 aromatic rings. The Labute approximate surface area is 44.2 Å². The molecule has 0 amide bonds. The van der Waals surface area contributed by atoms with Crippen molar-refractivity contribution in [3.63, 3.8) is 0 Å². The van der Waals surface area contributed by atoms with Gasteiger partial charge in [0.25, 0.3) is 0 Å². The number of hydrogen-bond acceptors (Lipinski definition) is 2. The van der Waals surface area contributed by atoms with Crippen LogP contribution in [0.2, 0.25) is 0 Å². The van der Waals surface area contributed by atoms with Crippen LogP contribution in [-0.4, -0.2) is 20.7 Å². The first kappa shape index (κ1) is 6.50. The van der Waals surface area contributed by atoms with E-state index in [4.69, 9.17) is 0 Å². The molecule has 7 heavy (non-hydrogen) atoms. The molecule has 0 rings (SSSR count). The number of likely N-dealkylation sites (N-methyl/N-ethyl adjacent to an activating group) is 1. The zero-order valence-electron chi connectivity index (χ0n) is 4.77. The summed E-state index contributed by atoms with van der Waals surface area (Å²) in [5, 5.41) is 2.94. The third-order valence-corrected chi connectivity index (χ3v) is 0.554. The third-order valence-electron chi connectivity index (χ3n) is 0.554. The topological polar surface area (TPSA) is 21.3 Å². The quantitative estimate of drug-likeness (QED) is 0.518. The number of nitrogens with one attached hydrogen (secondary N) is 1. The van der Waals surface area contributed by atoms with Crippen molar-refractivity contribution >= 4 is 0 Å². The minimum atomic E-state index is 0.869. The van der Waals surface area contributed by atoms with Gasteiger partial charge in [-0.1, -0.05) is 0 Å². The largest absolute Gasteiger partial charge is 0.505 e. The molecule has 1 N–H and O–H groups in total. The van der Waals surface area contributed by atoms with Crippen molar-refractivity contribution in [3.05, 3.63) is 12.3 Å². The average molecular weight is 101 g/mol. The summed E-state index contributed by atoms with van der Waals surface area (Å²) in [5.74, 6) is 0. The number of methoxy groups -OCH3 is 1. The normalized spacial score (nSPS) is 10.0. The summed E-state index contributed by atoms with van der Waals surface area (Å²) in [6.45, 7) is 0.869. The standard InChI is InChI=1S/C5H11NO/c1-6-4-3-5-7-2/h3,5-6H,4H2,1-2H3/b5-3+. The first-order chi connectivity index (χ1) is 3.41. The van der Waals surface area contributed by atoms with Crippen molar-refractivity contribution in [2.24, 2.45) is 0 Å². The Morgan fingerprint density at radius 2 is 2.43 bits per heavy atom. The summed E-state index contributed by atoms with van der Waals surface area (Å²) < 4.78 is 4.62. The molecule has 0 atom stereocenters. The van der Waals surface area contributed by atoms with E-state index in [1.807, 2.05) is 13.1 Å². The highest BCUT2D eigenvalue weighted by molar-refractivity contribution is 4.74. The minimum absolute atomic E-state index is 0.869. The molecule has 0 fully saturated rings. The maximum Gasteiger partial charge on any atom is 0.0797 e. The van der Waals surface area contributed by atoms with Crippen LogP contribution in [0.25, 0.3) is 0 Å². The second-order valence-corrected chi connectivity index (χ2v) is 1.17. The molecule has 0 bridgehead atoms. The molecule has 2 nitrogen and oxygen atoms in total. The van der Waals surface area contributed by atoms with E-state index in [1.165, 1.54) is 0 Å². The van der Waals surface area contributed by atoms with Gasteiger partial charge in [-0.25, -0.2) is 0 Å². The van der Waals surface area contributed by atoms with Gasteiger partial charge in [-0.2, -0.15) is 0 Å². The molecule has 0 spiro atoms. The third kappa shape index (κ3) is 5.50. The highest BCUT2D eigenvalue weighted by atomic mass is 16.5. The van der Waals surface area contributed by atoms with E-state index < -0.39 is 0 Å². The molecule has 0 aromatic carbocycles. The van der Waals surface area contributed by atoms with E-state index in [0.29, 0.717) is 0 Å². The predicted molar refractivity (Wildman–Crippen MR) is 30.1 cm³/mol. The van der Waals surface area contributed by atoms with Crippen LogP contribution in [0.15, 0.2) is 12.3 Å². The van der Waals surface area contributed by atoms with E-state index in [-0.39, 0.29) is 0 Å². The van der Waals surface area contributed by atoms with E-state index in [1.54, 1.807) is 13.4 Å². The molecule has 0 saturated carbocycles. The van der Waals surface area contributed by atoms with Gasteiger partial charge in [-0.15, -0.1) is 0 Å². The fraction of sp³-hybridized carbons (Fsp3) is 0.600. The molecule has 0 radical (unpaired) electrons. The molecule has 0 aromatic heterocycles. The lowest BCUT2D eigenvalue weighted by atomic mass is 10.6. The SMILES string of the molecule is CNC/C=C/OC. The Hall–Kier alpha value is -0.500. The van der Waals surface area contributed by atoms with Crippen LogP contribution in [-0.2, 0) is 4.74 Å². The van der Waals surface area contributed by atoms with Crippen LogP contribution in [0.1, 0.15) is 0 Å². The second kappa shape index (κ2) is 5.50. The lowest BCUT2D eigenvalue weighted by Crippen LogP contribution is -2.03. The lowest BCUT2D eigenvalue weighted by molar-refractivity contribution is 0.336. The highest BCUT2D eigenvalue weighted by Crippen LogP contribution is 1.66. The van der Waals surface area contributed by atoms with Crippen molar-refractivity contribution in [1.29, 1.82) is 0 Å². The predicted octanol–water partition coefficient (Wildman–Crippen LogP) is 0.366. The summed E-state index contributed by atoms with van der Waals surface area (Å²) in [6, 6.07) is 0. The Balaban J connectivity index is 2.78. The van der Waals surface area contributed by atoms with E-state index in [0.717, 1.165) is 6.54 Å². The summed E-state index contributed by atoms with van der Waals surface area (Å²) in [5.41, 5.74) is 0. The van der Waals surface area contributed by atoms with Crippen molar-refractivity contribution in [2.75, 3.05) is 20.7 Å². The van der Waals surface area contributed by atoms with E-state index >= 15 is 0 Å². The Bertz CT molecular complexity index is 52.0. The van der Waals surface area contributed by atoms with Gasteiger partial charge in [-0.3, -0.25) is 0 Å². The zero-order valence-corrected chi connectivity index (χ0v) is 4.77. The molecule has 0 aliphatic heterocycles. The Morgan fingerprint density at radius 1 is 1.71 bits per heavy atom. The van der Waals surface area contributed by atoms with Gasteiger partial charge < -0.3 is 10.1 Å². The van der Waals surface area contributed by atoms with Gasteiger partial charge in [0.1, 0.15) is 0 Å². The van der Waals surface area contributed by atoms with Gasteiger partial charge in [-0.05, 0) is 13.1 Å². The monoisotopic (exact) mass is 101 g/mol. The van der Waals surface area contributed by atoms with Crippen LogP contribution in [0.5, 0.6) is 0 Å². The Morgan fingerprint density at radius 3 is 2.86 bits per heavy atom. The van der Waals surface area contributed by atoms with Crippen LogP contribution in [0.3, 0.4) is 0 Å². The molecule has 42 valence electrons. The molecule has 0 aliphatic carbocycles. The van der Waals surface area contributed by atoms with Crippen molar-refractivity contribution in [3.8, 4) is 0 Å². The fourth-order valence-electron chi connectivity index (χ4n) is 0.262. The van der Waals surface area contributed by atoms with Gasteiger partial charge in [0, 0.05) is 6.54 Å². The van der Waals surface area contributed by atoms with Crippen LogP contribution < -0.4 is 5.32 Å². The molecular formula is C5H11NO. The van der Waals surface area contributed by atoms with Crippen LogP contribution in [0.4, 0.5) is 0 Å². The van der Waals surface area contributed by atoms with Crippen molar-refractivity contribution in [2.45, 2.75) is 0 Å². The van der Waals surface area contributed by atoms with Gasteiger partial charge in [0.2, 0.25) is 0 Å². The summed E-state index contributed by atoms with van der Waals surface area (Å²) in [4.78, 5) is 0. The first-order valence-electron chi connectivity index (χ1n) is 2.24. The van der Waals surface area contributed by atoms with Crippen molar-refractivity contribution in [1.82, 2.24) is 5.32 Å². The molecule has 0 heterocycles. The summed E-state index contributed by atoms with van der Waals surface area (Å²) in [6.07, 6.45) is 3.55. The fourth-order valence-corrected chi connectivity index (χ4v) is 0.262. The van der Waals surface area contributed by atoms with Crippen LogP contribution in [0, 0.1) is 0 Å². The molecule has 2 heteroatoms. The van der Waals surface area contributed by atoms with E-state index in [9.17, 15) is 0 Å². The summed E-state index contributed by atoms with van der Waals surface area (Å²) >= 11 is 0. The average Bonchev–Trinajstić information content (AvgIpc) is 1.69. The van der Waals surface area contributed by atoms with Gasteiger partial charge in [0.15, 0.2) is 0 Å². The maximum atomic E-state index is 4.62. The smallest absolute Gasteiger partial charge is 0.0797 e. The maximum absolute atomic E-state index is 4.62. The second-order valence-electron chi connectivity index (χ2n) is 1.17. The van der Waals surface area contributed by atoms with Crippen molar-refractivity contribution < 1.29 is 4.74 Å². The summed E-state index contributed by atoms with van der Waals surface area (Å²) in [7, 11) is 3.52. The van der Waals surface area contributed by atoms with E-state index in [2.05, 4.69) is 10.1 Å². The number of rotatable bonds is 3. The Kier molecular flexibility index (Phi) is 5.11. The molecule has 0 unspecified atom stereocenters. The zero-order chi connectivity index (χ0) is 5.54. The number of ether oxygens (including phenoxy) is 1. The molecule has 0 saturated heterocycles. The number of hydrogen-bond donors (Lipinski definition) is 1. The lowest BCUT2D eigenvalue weighted by Gasteiger charge is -1.86. The van der Waals surface area contributed by atoms with Gasteiger partial charge >= 0.3 is 0 Å². The minimum Gasteiger partial charge on any atom is -0.505 e. The molecular weight excluding hydrogens is 90.1 g/mol. The van der Waals surface area contributed by atoms with Crippen LogP contribution >= 0.6 is 0 Å². The highest BCUT2D eigenvalue weighted by Gasteiger charge is 1.65. The molecule has 0 aliphatic rings.